The lowest BCUT2D eigenvalue weighted by atomic mass is 10.2. The van der Waals surface area contributed by atoms with Gasteiger partial charge in [0.15, 0.2) is 0 Å². The summed E-state index contributed by atoms with van der Waals surface area (Å²) in [5.41, 5.74) is 0. The van der Waals surface area contributed by atoms with Gasteiger partial charge < -0.3 is 10.1 Å². The van der Waals surface area contributed by atoms with Gasteiger partial charge >= 0.3 is 11.9 Å². The van der Waals surface area contributed by atoms with Gasteiger partial charge in [0.2, 0.25) is 0 Å². The molecule has 0 aromatic carbocycles. The first kappa shape index (κ1) is 13.4. The van der Waals surface area contributed by atoms with E-state index in [1.165, 1.54) is 5.75 Å². The molecule has 2 aliphatic heterocycles. The highest BCUT2D eigenvalue weighted by molar-refractivity contribution is 8.06. The second kappa shape index (κ2) is 5.75. The number of ether oxygens (including phenoxy) is 1. The summed E-state index contributed by atoms with van der Waals surface area (Å²) in [6.07, 6.45) is -1.18. The Morgan fingerprint density at radius 2 is 2.24 bits per heavy atom. The number of hydrogen-bond acceptors (Lipinski definition) is 5. The molecule has 0 aliphatic carbocycles. The van der Waals surface area contributed by atoms with Crippen LogP contribution in [0.15, 0.2) is 0 Å². The van der Waals surface area contributed by atoms with E-state index in [-0.39, 0.29) is 0 Å². The van der Waals surface area contributed by atoms with Crippen LogP contribution in [0.3, 0.4) is 0 Å². The second-order valence-electron chi connectivity index (χ2n) is 4.16. The fourth-order valence-corrected chi connectivity index (χ4v) is 4.47. The molecule has 7 heteroatoms. The van der Waals surface area contributed by atoms with Crippen molar-refractivity contribution in [3.05, 3.63) is 0 Å². The maximum absolute atomic E-state index is 12.9. The highest BCUT2D eigenvalue weighted by Gasteiger charge is 2.50. The maximum Gasteiger partial charge on any atom is 0.377 e. The van der Waals surface area contributed by atoms with Crippen molar-refractivity contribution < 1.29 is 18.3 Å². The zero-order valence-corrected chi connectivity index (χ0v) is 10.9. The number of carbonyl (C=O) groups excluding carboxylic acids is 1. The van der Waals surface area contributed by atoms with Crippen LogP contribution >= 0.6 is 23.5 Å². The Bertz CT molecular complexity index is 285. The summed E-state index contributed by atoms with van der Waals surface area (Å²) in [7, 11) is 0. The van der Waals surface area contributed by atoms with Gasteiger partial charge in [-0.1, -0.05) is 0 Å². The molecule has 17 heavy (non-hydrogen) atoms. The Balaban J connectivity index is 1.64. The molecule has 3 nitrogen and oxygen atoms in total. The number of esters is 1. The summed E-state index contributed by atoms with van der Waals surface area (Å²) in [5.74, 6) is -1.24. The minimum atomic E-state index is -3.29. The number of nitrogens with one attached hydrogen (secondary N) is 1. The maximum atomic E-state index is 12.9. The van der Waals surface area contributed by atoms with Crippen molar-refractivity contribution in [2.24, 2.45) is 0 Å². The van der Waals surface area contributed by atoms with Gasteiger partial charge in [-0.25, -0.2) is 4.79 Å². The van der Waals surface area contributed by atoms with Gasteiger partial charge in [-0.15, -0.1) is 0 Å². The Morgan fingerprint density at radius 3 is 2.82 bits per heavy atom. The van der Waals surface area contributed by atoms with Crippen LogP contribution in [0.25, 0.3) is 0 Å². The summed E-state index contributed by atoms with van der Waals surface area (Å²) in [6.45, 7) is 1.11. The quantitative estimate of drug-likeness (QED) is 0.789. The van der Waals surface area contributed by atoms with Crippen LogP contribution in [0.2, 0.25) is 0 Å². The molecule has 2 aliphatic rings. The number of alkyl halides is 2. The number of hydrogen-bond donors (Lipinski definition) is 1. The van der Waals surface area contributed by atoms with Gasteiger partial charge in [-0.3, -0.25) is 0 Å². The first-order valence-corrected chi connectivity index (χ1v) is 7.77. The van der Waals surface area contributed by atoms with Crippen molar-refractivity contribution in [2.75, 3.05) is 30.3 Å². The lowest BCUT2D eigenvalue weighted by Gasteiger charge is -2.21. The minimum absolute atomic E-state index is 0.322. The molecule has 2 rings (SSSR count). The third kappa shape index (κ3) is 3.72. The summed E-state index contributed by atoms with van der Waals surface area (Å²) in [6, 6.07) is 0. The molecule has 0 aromatic rings. The molecule has 2 atom stereocenters. The first-order valence-electron chi connectivity index (χ1n) is 5.57. The van der Waals surface area contributed by atoms with E-state index in [1.54, 1.807) is 0 Å². The van der Waals surface area contributed by atoms with Crippen LogP contribution in [0.1, 0.15) is 6.42 Å². The summed E-state index contributed by atoms with van der Waals surface area (Å²) in [4.78, 5) is 10.8. The molecule has 2 unspecified atom stereocenters. The zero-order chi connectivity index (χ0) is 12.3. The van der Waals surface area contributed by atoms with Gasteiger partial charge in [0.25, 0.3) is 0 Å². The lowest BCUT2D eigenvalue weighted by Crippen LogP contribution is -2.34. The fraction of sp³-hybridized carbons (Fsp3) is 0.900. The smallest absolute Gasteiger partial charge is 0.377 e. The van der Waals surface area contributed by atoms with Crippen LogP contribution in [-0.2, 0) is 9.53 Å². The molecule has 98 valence electrons. The van der Waals surface area contributed by atoms with E-state index in [9.17, 15) is 13.6 Å². The van der Waals surface area contributed by atoms with Crippen molar-refractivity contribution >= 4 is 29.5 Å². The second-order valence-corrected chi connectivity index (χ2v) is 6.72. The molecule has 1 N–H and O–H groups in total. The average Bonchev–Trinajstić information content (AvgIpc) is 2.54. The molecule has 0 amide bonds. The molecule has 2 heterocycles. The molecule has 0 spiro atoms. The molecule has 2 saturated heterocycles. The topological polar surface area (TPSA) is 38.3 Å². The van der Waals surface area contributed by atoms with Crippen LogP contribution in [0, 0.1) is 0 Å². The number of rotatable bonds is 4. The Morgan fingerprint density at radius 1 is 1.41 bits per heavy atom. The Kier molecular flexibility index (Phi) is 4.54. The van der Waals surface area contributed by atoms with E-state index < -0.39 is 24.4 Å². The third-order valence-corrected chi connectivity index (χ3v) is 5.53. The normalized spacial score (nSPS) is 32.5. The van der Waals surface area contributed by atoms with Crippen molar-refractivity contribution in [3.63, 3.8) is 0 Å². The average molecular weight is 283 g/mol. The van der Waals surface area contributed by atoms with Gasteiger partial charge in [0, 0.05) is 35.6 Å². The van der Waals surface area contributed by atoms with Crippen molar-refractivity contribution in [1.29, 1.82) is 0 Å². The Hall–Kier alpha value is -0.0100. The molecule has 0 saturated carbocycles. The molecular weight excluding hydrogens is 268 g/mol. The molecule has 0 radical (unpaired) electrons. The monoisotopic (exact) mass is 283 g/mol. The largest absolute Gasteiger partial charge is 0.456 e. The number of halogens is 2. The predicted molar refractivity (Wildman–Crippen MR) is 65.9 cm³/mol. The summed E-state index contributed by atoms with van der Waals surface area (Å²) >= 11 is 3.83. The van der Waals surface area contributed by atoms with Gasteiger partial charge in [0.05, 0.1) is 6.42 Å². The SMILES string of the molecule is O=C1OC(CNCC2CSCCS2)CC1(F)F. The molecular formula is C10H15F2NO2S2. The highest BCUT2D eigenvalue weighted by Crippen LogP contribution is 2.30. The van der Waals surface area contributed by atoms with Gasteiger partial charge in [0.1, 0.15) is 6.10 Å². The third-order valence-electron chi connectivity index (χ3n) is 2.69. The zero-order valence-electron chi connectivity index (χ0n) is 9.29. The lowest BCUT2D eigenvalue weighted by molar-refractivity contribution is -0.158. The molecule has 2 fully saturated rings. The van der Waals surface area contributed by atoms with E-state index in [2.05, 4.69) is 10.1 Å². The number of cyclic esters (lactones) is 1. The number of thioether (sulfide) groups is 2. The molecule has 0 bridgehead atoms. The van der Waals surface area contributed by atoms with Crippen molar-refractivity contribution in [3.8, 4) is 0 Å². The van der Waals surface area contributed by atoms with Gasteiger partial charge in [-0.05, 0) is 0 Å². The van der Waals surface area contributed by atoms with E-state index in [0.717, 1.165) is 18.1 Å². The van der Waals surface area contributed by atoms with E-state index >= 15 is 0 Å². The van der Waals surface area contributed by atoms with Crippen LogP contribution in [0.4, 0.5) is 8.78 Å². The van der Waals surface area contributed by atoms with Crippen LogP contribution in [-0.4, -0.2) is 53.6 Å². The van der Waals surface area contributed by atoms with E-state index in [0.29, 0.717) is 11.8 Å². The summed E-state index contributed by atoms with van der Waals surface area (Å²) in [5, 5.41) is 3.64. The van der Waals surface area contributed by atoms with E-state index in [4.69, 9.17) is 0 Å². The minimum Gasteiger partial charge on any atom is -0.456 e. The standard InChI is InChI=1S/C10H15F2NO2S2/c11-10(12)3-7(15-9(10)14)4-13-5-8-6-16-1-2-17-8/h7-8,13H,1-6H2. The van der Waals surface area contributed by atoms with Gasteiger partial charge in [-0.2, -0.15) is 32.3 Å². The summed E-state index contributed by atoms with van der Waals surface area (Å²) < 4.78 is 30.3. The highest BCUT2D eigenvalue weighted by atomic mass is 32.2. The first-order chi connectivity index (χ1) is 8.08. The molecule has 0 aromatic heterocycles. The van der Waals surface area contributed by atoms with Crippen LogP contribution < -0.4 is 5.32 Å². The number of carbonyl (C=O) groups is 1. The van der Waals surface area contributed by atoms with E-state index in [1.807, 2.05) is 23.5 Å². The van der Waals surface area contributed by atoms with Crippen LogP contribution in [0.5, 0.6) is 0 Å². The van der Waals surface area contributed by atoms with Crippen molar-refractivity contribution in [1.82, 2.24) is 5.32 Å². The Labute approximate surface area is 107 Å². The predicted octanol–water partition coefficient (Wildman–Crippen LogP) is 1.38. The van der Waals surface area contributed by atoms with Crippen molar-refractivity contribution in [2.45, 2.75) is 23.7 Å². The fourth-order valence-electron chi connectivity index (χ4n) is 1.82.